The van der Waals surface area contributed by atoms with Crippen LogP contribution in [0.5, 0.6) is 0 Å². The van der Waals surface area contributed by atoms with Crippen molar-refractivity contribution in [2.24, 2.45) is 28.6 Å². The van der Waals surface area contributed by atoms with Crippen LogP contribution in [-0.4, -0.2) is 17.1 Å². The maximum atomic E-state index is 11.4. The number of hydrogen-bond donors (Lipinski definition) is 0. The second-order valence-corrected chi connectivity index (χ2v) is 10.8. The van der Waals surface area contributed by atoms with Gasteiger partial charge in [-0.3, -0.25) is 4.79 Å². The van der Waals surface area contributed by atoms with E-state index >= 15 is 0 Å². The van der Waals surface area contributed by atoms with Crippen LogP contribution >= 0.6 is 11.3 Å². The van der Waals surface area contributed by atoms with Crippen molar-refractivity contribution in [2.75, 3.05) is 0 Å². The SMILES string of the molecule is CC(=O)O[C@H]1CC[C@@]2(C)C(=CC[C@@H]3[C@@H]2CC[C@]2(C)C(c4nccs4)=CC[C@@H]32)C1. The van der Waals surface area contributed by atoms with Crippen molar-refractivity contribution in [3.8, 4) is 0 Å². The summed E-state index contributed by atoms with van der Waals surface area (Å²) in [6.45, 7) is 6.55. The van der Waals surface area contributed by atoms with Gasteiger partial charge >= 0.3 is 5.97 Å². The van der Waals surface area contributed by atoms with Crippen LogP contribution in [0.2, 0.25) is 0 Å². The molecule has 2 fully saturated rings. The number of carbonyl (C=O) groups is 1. The van der Waals surface area contributed by atoms with Gasteiger partial charge in [0.2, 0.25) is 0 Å². The minimum absolute atomic E-state index is 0.0897. The molecule has 1 aromatic rings. The molecule has 0 saturated heterocycles. The number of esters is 1. The summed E-state index contributed by atoms with van der Waals surface area (Å²) in [4.78, 5) is 16.1. The standard InChI is InChI=1S/C24H31NO2S/c1-15(26)27-17-8-10-23(2)16(14-17)4-5-18-19-6-7-21(22-25-12-13-28-22)24(19,3)11-9-20(18)23/h4,7,12-13,17-20H,5-6,8-11,14H2,1-3H3/t17-,18-,19-,20-,23-,24-/m0/s1. The Hall–Kier alpha value is -1.42. The van der Waals surface area contributed by atoms with Gasteiger partial charge in [0.15, 0.2) is 0 Å². The molecule has 0 radical (unpaired) electrons. The number of ether oxygens (including phenoxy) is 1. The number of rotatable bonds is 2. The fourth-order valence-corrected chi connectivity index (χ4v) is 8.03. The minimum atomic E-state index is -0.136. The predicted octanol–water partition coefficient (Wildman–Crippen LogP) is 6.03. The zero-order chi connectivity index (χ0) is 19.5. The molecule has 0 amide bonds. The van der Waals surface area contributed by atoms with E-state index in [0.29, 0.717) is 5.41 Å². The van der Waals surface area contributed by atoms with E-state index in [1.807, 2.05) is 6.20 Å². The van der Waals surface area contributed by atoms with Crippen LogP contribution in [0.1, 0.15) is 70.7 Å². The number of thiazole rings is 1. The van der Waals surface area contributed by atoms with Gasteiger partial charge in [0.05, 0.1) is 0 Å². The highest BCUT2D eigenvalue weighted by atomic mass is 32.1. The van der Waals surface area contributed by atoms with Gasteiger partial charge in [-0.15, -0.1) is 11.3 Å². The van der Waals surface area contributed by atoms with Crippen molar-refractivity contribution < 1.29 is 9.53 Å². The van der Waals surface area contributed by atoms with Crippen LogP contribution in [0.15, 0.2) is 29.3 Å². The van der Waals surface area contributed by atoms with E-state index in [1.54, 1.807) is 16.9 Å². The minimum Gasteiger partial charge on any atom is -0.462 e. The molecule has 150 valence electrons. The Kier molecular flexibility index (Phi) is 4.35. The summed E-state index contributed by atoms with van der Waals surface area (Å²) in [5.41, 5.74) is 3.67. The van der Waals surface area contributed by atoms with E-state index in [9.17, 15) is 4.79 Å². The van der Waals surface area contributed by atoms with E-state index in [4.69, 9.17) is 4.74 Å². The maximum absolute atomic E-state index is 11.4. The molecule has 0 bridgehead atoms. The molecular formula is C24H31NO2S. The lowest BCUT2D eigenvalue weighted by molar-refractivity contribution is -0.148. The Labute approximate surface area is 172 Å². The van der Waals surface area contributed by atoms with E-state index in [1.165, 1.54) is 43.2 Å². The first-order valence-electron chi connectivity index (χ1n) is 10.9. The Morgan fingerprint density at radius 3 is 2.71 bits per heavy atom. The molecule has 28 heavy (non-hydrogen) atoms. The molecule has 1 aromatic heterocycles. The first-order chi connectivity index (χ1) is 13.4. The molecule has 6 atom stereocenters. The van der Waals surface area contributed by atoms with Gasteiger partial charge in [0.1, 0.15) is 11.1 Å². The number of allylic oxidation sites excluding steroid dienone is 3. The Bertz CT molecular complexity index is 841. The number of nitrogens with zero attached hydrogens (tertiary/aromatic N) is 1. The van der Waals surface area contributed by atoms with Crippen LogP contribution in [0.25, 0.3) is 5.57 Å². The quantitative estimate of drug-likeness (QED) is 0.452. The van der Waals surface area contributed by atoms with E-state index in [-0.39, 0.29) is 17.5 Å². The molecule has 0 unspecified atom stereocenters. The molecule has 3 nitrogen and oxygen atoms in total. The largest absolute Gasteiger partial charge is 0.462 e. The summed E-state index contributed by atoms with van der Waals surface area (Å²) in [5.74, 6) is 2.15. The van der Waals surface area contributed by atoms with Crippen LogP contribution < -0.4 is 0 Å². The van der Waals surface area contributed by atoms with Gasteiger partial charge in [-0.25, -0.2) is 4.98 Å². The summed E-state index contributed by atoms with van der Waals surface area (Å²) in [5, 5.41) is 3.35. The van der Waals surface area contributed by atoms with Crippen LogP contribution in [-0.2, 0) is 9.53 Å². The highest BCUT2D eigenvalue weighted by molar-refractivity contribution is 7.10. The zero-order valence-corrected chi connectivity index (χ0v) is 18.1. The van der Waals surface area contributed by atoms with Gasteiger partial charge in [-0.2, -0.15) is 0 Å². The fraction of sp³-hybridized carbons (Fsp3) is 0.667. The summed E-state index contributed by atoms with van der Waals surface area (Å²) in [7, 11) is 0. The topological polar surface area (TPSA) is 39.2 Å². The molecule has 4 aliphatic carbocycles. The molecular weight excluding hydrogens is 366 g/mol. The average molecular weight is 398 g/mol. The number of aromatic nitrogens is 1. The summed E-state index contributed by atoms with van der Waals surface area (Å²) < 4.78 is 5.57. The van der Waals surface area contributed by atoms with Crippen LogP contribution in [0, 0.1) is 28.6 Å². The zero-order valence-electron chi connectivity index (χ0n) is 17.2. The molecule has 0 aromatic carbocycles. The maximum Gasteiger partial charge on any atom is 0.302 e. The third kappa shape index (κ3) is 2.67. The van der Waals surface area contributed by atoms with Crippen molar-refractivity contribution >= 4 is 22.9 Å². The molecule has 4 heteroatoms. The lowest BCUT2D eigenvalue weighted by Gasteiger charge is -2.57. The van der Waals surface area contributed by atoms with Crippen molar-refractivity contribution in [3.05, 3.63) is 34.3 Å². The average Bonchev–Trinajstić information content (AvgIpc) is 3.28. The molecule has 0 N–H and O–H groups in total. The lowest BCUT2D eigenvalue weighted by atomic mass is 9.47. The highest BCUT2D eigenvalue weighted by Gasteiger charge is 2.57. The van der Waals surface area contributed by atoms with Gasteiger partial charge in [0.25, 0.3) is 0 Å². The van der Waals surface area contributed by atoms with Crippen LogP contribution in [0.3, 0.4) is 0 Å². The third-order valence-electron chi connectivity index (χ3n) is 8.63. The first-order valence-corrected chi connectivity index (χ1v) is 11.8. The smallest absolute Gasteiger partial charge is 0.302 e. The fourth-order valence-electron chi connectivity index (χ4n) is 7.22. The number of carbonyl (C=O) groups excluding carboxylic acids is 1. The van der Waals surface area contributed by atoms with Crippen molar-refractivity contribution in [2.45, 2.75) is 71.8 Å². The first kappa shape index (κ1) is 18.6. The number of hydrogen-bond acceptors (Lipinski definition) is 4. The Morgan fingerprint density at radius 1 is 1.14 bits per heavy atom. The predicted molar refractivity (Wildman–Crippen MR) is 113 cm³/mol. The second-order valence-electron chi connectivity index (χ2n) is 9.88. The van der Waals surface area contributed by atoms with E-state index < -0.39 is 0 Å². The number of fused-ring (bicyclic) bond motifs is 5. The lowest BCUT2D eigenvalue weighted by Crippen LogP contribution is -2.50. The molecule has 4 aliphatic rings. The molecule has 5 rings (SSSR count). The van der Waals surface area contributed by atoms with Crippen molar-refractivity contribution in [1.82, 2.24) is 4.98 Å². The van der Waals surface area contributed by atoms with Gasteiger partial charge in [0, 0.05) is 24.9 Å². The van der Waals surface area contributed by atoms with Gasteiger partial charge in [-0.1, -0.05) is 31.6 Å². The molecule has 0 aliphatic heterocycles. The molecule has 0 spiro atoms. The van der Waals surface area contributed by atoms with Gasteiger partial charge < -0.3 is 4.74 Å². The van der Waals surface area contributed by atoms with E-state index in [2.05, 4.69) is 36.4 Å². The van der Waals surface area contributed by atoms with Crippen molar-refractivity contribution in [3.63, 3.8) is 0 Å². The summed E-state index contributed by atoms with van der Waals surface area (Å²) in [6.07, 6.45) is 15.2. The monoisotopic (exact) mass is 397 g/mol. The van der Waals surface area contributed by atoms with Crippen LogP contribution in [0.4, 0.5) is 0 Å². The summed E-state index contributed by atoms with van der Waals surface area (Å²) in [6, 6.07) is 0. The van der Waals surface area contributed by atoms with Crippen molar-refractivity contribution in [1.29, 1.82) is 0 Å². The third-order valence-corrected chi connectivity index (χ3v) is 9.44. The molecule has 1 heterocycles. The highest BCUT2D eigenvalue weighted by Crippen LogP contribution is 2.66. The normalized spacial score (nSPS) is 42.0. The van der Waals surface area contributed by atoms with E-state index in [0.717, 1.165) is 37.0 Å². The Balaban J connectivity index is 1.41. The Morgan fingerprint density at radius 2 is 1.96 bits per heavy atom. The van der Waals surface area contributed by atoms with Gasteiger partial charge in [-0.05, 0) is 72.7 Å². The second kappa shape index (κ2) is 6.55. The summed E-state index contributed by atoms with van der Waals surface area (Å²) >= 11 is 1.79. The molecule has 2 saturated carbocycles.